The number of hydrogen-bond donors (Lipinski definition) is 1. The summed E-state index contributed by atoms with van der Waals surface area (Å²) in [5.74, 6) is 1.63. The van der Waals surface area contributed by atoms with Crippen molar-refractivity contribution >= 4 is 17.0 Å². The molecule has 4 nitrogen and oxygen atoms in total. The van der Waals surface area contributed by atoms with Crippen molar-refractivity contribution in [2.45, 2.75) is 51.0 Å². The lowest BCUT2D eigenvalue weighted by molar-refractivity contribution is 0.0699. The molecule has 2 saturated carbocycles. The maximum atomic E-state index is 11.4. The van der Waals surface area contributed by atoms with Crippen molar-refractivity contribution < 1.29 is 9.90 Å². The molecule has 4 rings (SSSR count). The van der Waals surface area contributed by atoms with E-state index < -0.39 is 5.97 Å². The summed E-state index contributed by atoms with van der Waals surface area (Å²) in [6.45, 7) is 0.982. The van der Waals surface area contributed by atoms with Crippen LogP contribution in [-0.2, 0) is 6.54 Å². The highest BCUT2D eigenvalue weighted by molar-refractivity contribution is 6.01. The Labute approximate surface area is 123 Å². The predicted octanol–water partition coefficient (Wildman–Crippen LogP) is 3.80. The number of fused-ring (bicyclic) bond motifs is 1. The number of rotatable bonds is 5. The van der Waals surface area contributed by atoms with Gasteiger partial charge in [0.25, 0.3) is 0 Å². The molecule has 0 saturated heterocycles. The van der Waals surface area contributed by atoms with Crippen molar-refractivity contribution in [2.24, 2.45) is 5.92 Å². The van der Waals surface area contributed by atoms with Gasteiger partial charge >= 0.3 is 5.97 Å². The number of carbonyl (C=O) groups is 1. The van der Waals surface area contributed by atoms with Crippen LogP contribution in [-0.4, -0.2) is 20.6 Å². The summed E-state index contributed by atoms with van der Waals surface area (Å²) < 4.78 is 2.29. The van der Waals surface area contributed by atoms with Gasteiger partial charge in [0.15, 0.2) is 0 Å². The number of aromatic carboxylic acids is 1. The minimum Gasteiger partial charge on any atom is -0.478 e. The maximum Gasteiger partial charge on any atom is 0.337 e. The van der Waals surface area contributed by atoms with E-state index in [1.54, 1.807) is 6.07 Å². The number of hydrogen-bond acceptors (Lipinski definition) is 2. The number of aromatic nitrogens is 2. The average molecular weight is 284 g/mol. The molecule has 0 radical (unpaired) electrons. The molecule has 0 atom stereocenters. The first-order chi connectivity index (χ1) is 10.2. The summed E-state index contributed by atoms with van der Waals surface area (Å²) in [7, 11) is 0. The Kier molecular flexibility index (Phi) is 2.98. The summed E-state index contributed by atoms with van der Waals surface area (Å²) in [5, 5.41) is 9.35. The second-order valence-electron chi connectivity index (χ2n) is 6.46. The van der Waals surface area contributed by atoms with E-state index in [2.05, 4.69) is 4.57 Å². The van der Waals surface area contributed by atoms with Crippen LogP contribution in [0.4, 0.5) is 0 Å². The highest BCUT2D eigenvalue weighted by atomic mass is 16.4. The quantitative estimate of drug-likeness (QED) is 0.908. The minimum atomic E-state index is -0.883. The monoisotopic (exact) mass is 284 g/mol. The van der Waals surface area contributed by atoms with Crippen LogP contribution in [0.25, 0.3) is 11.0 Å². The van der Waals surface area contributed by atoms with Crippen molar-refractivity contribution in [3.8, 4) is 0 Å². The Balaban J connectivity index is 1.76. The number of aryl methyl sites for hydroxylation is 1. The molecule has 1 N–H and O–H groups in total. The molecule has 1 aromatic carbocycles. The molecule has 0 aliphatic heterocycles. The molecule has 2 aliphatic rings. The first kappa shape index (κ1) is 12.9. The Bertz CT molecular complexity index is 696. The Morgan fingerprint density at radius 1 is 1.29 bits per heavy atom. The molecule has 0 amide bonds. The van der Waals surface area contributed by atoms with Gasteiger partial charge in [0, 0.05) is 12.5 Å². The maximum absolute atomic E-state index is 11.4. The van der Waals surface area contributed by atoms with Gasteiger partial charge in [-0.3, -0.25) is 0 Å². The SMILES string of the molecule is O=C(O)c1cccc2c1nc(C1CC1)n2CCC1CCC1. The number of para-hydroxylation sites is 1. The first-order valence-electron chi connectivity index (χ1n) is 7.96. The normalized spacial score (nSPS) is 18.9. The van der Waals surface area contributed by atoms with Crippen LogP contribution < -0.4 is 0 Å². The fourth-order valence-corrected chi connectivity index (χ4v) is 3.32. The Hall–Kier alpha value is -1.84. The van der Waals surface area contributed by atoms with E-state index in [0.717, 1.165) is 23.8 Å². The Morgan fingerprint density at radius 3 is 2.71 bits per heavy atom. The fourth-order valence-electron chi connectivity index (χ4n) is 3.32. The molecule has 0 bridgehead atoms. The molecule has 110 valence electrons. The molecule has 2 aliphatic carbocycles. The third-order valence-corrected chi connectivity index (χ3v) is 4.97. The minimum absolute atomic E-state index is 0.330. The highest BCUT2D eigenvalue weighted by Gasteiger charge is 2.31. The van der Waals surface area contributed by atoms with E-state index in [1.807, 2.05) is 12.1 Å². The fraction of sp³-hybridized carbons (Fsp3) is 0.529. The largest absolute Gasteiger partial charge is 0.478 e. The highest BCUT2D eigenvalue weighted by Crippen LogP contribution is 2.41. The zero-order chi connectivity index (χ0) is 14.4. The van der Waals surface area contributed by atoms with Crippen molar-refractivity contribution in [1.82, 2.24) is 9.55 Å². The predicted molar refractivity (Wildman–Crippen MR) is 80.6 cm³/mol. The van der Waals surface area contributed by atoms with E-state index >= 15 is 0 Å². The summed E-state index contributed by atoms with van der Waals surface area (Å²) in [6, 6.07) is 5.51. The lowest BCUT2D eigenvalue weighted by Gasteiger charge is -2.25. The summed E-state index contributed by atoms with van der Waals surface area (Å²) in [4.78, 5) is 16.1. The summed E-state index contributed by atoms with van der Waals surface area (Å²) >= 11 is 0. The van der Waals surface area contributed by atoms with Crippen LogP contribution in [0.2, 0.25) is 0 Å². The van der Waals surface area contributed by atoms with Crippen LogP contribution in [0.3, 0.4) is 0 Å². The van der Waals surface area contributed by atoms with E-state index in [4.69, 9.17) is 4.98 Å². The van der Waals surface area contributed by atoms with Crippen LogP contribution in [0.15, 0.2) is 18.2 Å². The van der Waals surface area contributed by atoms with Gasteiger partial charge in [-0.1, -0.05) is 25.3 Å². The zero-order valence-corrected chi connectivity index (χ0v) is 12.1. The summed E-state index contributed by atoms with van der Waals surface area (Å²) in [5.41, 5.74) is 1.99. The van der Waals surface area contributed by atoms with Gasteiger partial charge in [-0.2, -0.15) is 0 Å². The average Bonchev–Trinajstić information content (AvgIpc) is 3.19. The third-order valence-electron chi connectivity index (χ3n) is 4.97. The van der Waals surface area contributed by atoms with E-state index in [1.165, 1.54) is 38.5 Å². The lowest BCUT2D eigenvalue weighted by Crippen LogP contribution is -2.14. The number of nitrogens with zero attached hydrogens (tertiary/aromatic N) is 2. The molecular formula is C17H20N2O2. The number of benzene rings is 1. The Morgan fingerprint density at radius 2 is 2.10 bits per heavy atom. The van der Waals surface area contributed by atoms with Gasteiger partial charge in [-0.25, -0.2) is 9.78 Å². The van der Waals surface area contributed by atoms with Crippen molar-refractivity contribution in [1.29, 1.82) is 0 Å². The van der Waals surface area contributed by atoms with Gasteiger partial charge in [0.1, 0.15) is 11.3 Å². The van der Waals surface area contributed by atoms with Gasteiger partial charge in [-0.15, -0.1) is 0 Å². The molecule has 0 spiro atoms. The second kappa shape index (κ2) is 4.86. The number of imidazole rings is 1. The molecule has 2 fully saturated rings. The van der Waals surface area contributed by atoms with Crippen molar-refractivity contribution in [2.75, 3.05) is 0 Å². The smallest absolute Gasteiger partial charge is 0.337 e. The molecular weight excluding hydrogens is 264 g/mol. The molecule has 0 unspecified atom stereocenters. The third kappa shape index (κ3) is 2.23. The number of carboxylic acid groups (broad SMARTS) is 1. The molecule has 1 aromatic heterocycles. The standard InChI is InChI=1S/C17H20N2O2/c20-17(21)13-5-2-6-14-15(13)18-16(12-7-8-12)19(14)10-9-11-3-1-4-11/h2,5-6,11-12H,1,3-4,7-10H2,(H,20,21). The second-order valence-corrected chi connectivity index (χ2v) is 6.46. The molecule has 2 aromatic rings. The van der Waals surface area contributed by atoms with Crippen LogP contribution in [0.5, 0.6) is 0 Å². The molecule has 21 heavy (non-hydrogen) atoms. The zero-order valence-electron chi connectivity index (χ0n) is 12.1. The van der Waals surface area contributed by atoms with Gasteiger partial charge in [0.05, 0.1) is 11.1 Å². The van der Waals surface area contributed by atoms with E-state index in [-0.39, 0.29) is 0 Å². The molecule has 4 heteroatoms. The van der Waals surface area contributed by atoms with Crippen LogP contribution in [0.1, 0.15) is 60.6 Å². The van der Waals surface area contributed by atoms with Crippen LogP contribution >= 0.6 is 0 Å². The van der Waals surface area contributed by atoms with Gasteiger partial charge in [0.2, 0.25) is 0 Å². The topological polar surface area (TPSA) is 55.1 Å². The lowest BCUT2D eigenvalue weighted by atomic mass is 9.83. The van der Waals surface area contributed by atoms with Crippen molar-refractivity contribution in [3.63, 3.8) is 0 Å². The van der Waals surface area contributed by atoms with Gasteiger partial charge in [-0.05, 0) is 37.3 Å². The molecule has 1 heterocycles. The van der Waals surface area contributed by atoms with Crippen LogP contribution in [0, 0.1) is 5.92 Å². The first-order valence-corrected chi connectivity index (χ1v) is 7.96. The van der Waals surface area contributed by atoms with Crippen molar-refractivity contribution in [3.05, 3.63) is 29.6 Å². The van der Waals surface area contributed by atoms with E-state index in [9.17, 15) is 9.90 Å². The summed E-state index contributed by atoms with van der Waals surface area (Å²) in [6.07, 6.45) is 7.65. The van der Waals surface area contributed by atoms with Gasteiger partial charge < -0.3 is 9.67 Å². The van der Waals surface area contributed by atoms with E-state index in [0.29, 0.717) is 17.0 Å². The number of carboxylic acids is 1.